The van der Waals surface area contributed by atoms with E-state index in [2.05, 4.69) is 15.9 Å². The van der Waals surface area contributed by atoms with E-state index in [1.165, 1.54) is 6.07 Å². The average molecular weight is 360 g/mol. The minimum Gasteiger partial charge on any atom is -0.487 e. The topological polar surface area (TPSA) is 26.3 Å². The maximum atomic E-state index is 11.0. The third kappa shape index (κ3) is 3.50. The number of hydrogen-bond donors (Lipinski definition) is 0. The molecule has 98 valence electrons. The Bertz CT molecular complexity index is 614. The predicted molar refractivity (Wildman–Crippen MR) is 80.3 cm³/mol. The molecule has 5 heteroatoms. The van der Waals surface area contributed by atoms with Crippen LogP contribution in [0.3, 0.4) is 0 Å². The zero-order chi connectivity index (χ0) is 13.8. The maximum Gasteiger partial charge on any atom is 0.153 e. The van der Waals surface area contributed by atoms with Gasteiger partial charge in [-0.05, 0) is 18.2 Å². The third-order valence-electron chi connectivity index (χ3n) is 2.49. The van der Waals surface area contributed by atoms with Gasteiger partial charge in [0.25, 0.3) is 0 Å². The SMILES string of the molecule is O=Cc1cc(Cl)cc(Cl)c1OCc1ccccc1Br. The van der Waals surface area contributed by atoms with Crippen LogP contribution in [-0.2, 0) is 6.61 Å². The molecular weight excluding hydrogens is 351 g/mol. The van der Waals surface area contributed by atoms with Gasteiger partial charge in [0.05, 0.1) is 10.6 Å². The first kappa shape index (κ1) is 14.4. The van der Waals surface area contributed by atoms with Gasteiger partial charge in [-0.1, -0.05) is 57.3 Å². The fourth-order valence-corrected chi connectivity index (χ4v) is 2.55. The summed E-state index contributed by atoms with van der Waals surface area (Å²) in [7, 11) is 0. The molecular formula is C14H9BrCl2O2. The van der Waals surface area contributed by atoms with Gasteiger partial charge in [-0.15, -0.1) is 0 Å². The van der Waals surface area contributed by atoms with Crippen molar-refractivity contribution in [2.75, 3.05) is 0 Å². The highest BCUT2D eigenvalue weighted by atomic mass is 79.9. The number of aldehydes is 1. The zero-order valence-corrected chi connectivity index (χ0v) is 12.8. The molecule has 0 bridgehead atoms. The van der Waals surface area contributed by atoms with Crippen LogP contribution >= 0.6 is 39.1 Å². The van der Waals surface area contributed by atoms with Crippen molar-refractivity contribution in [2.45, 2.75) is 6.61 Å². The summed E-state index contributed by atoms with van der Waals surface area (Å²) in [5.74, 6) is 0.344. The molecule has 0 aliphatic carbocycles. The van der Waals surface area contributed by atoms with Crippen LogP contribution < -0.4 is 4.74 Å². The Labute approximate surface area is 129 Å². The van der Waals surface area contributed by atoms with Gasteiger partial charge in [-0.2, -0.15) is 0 Å². The van der Waals surface area contributed by atoms with Crippen molar-refractivity contribution in [1.82, 2.24) is 0 Å². The minimum absolute atomic E-state index is 0.309. The Hall–Kier alpha value is -1.03. The van der Waals surface area contributed by atoms with Crippen LogP contribution in [0.15, 0.2) is 40.9 Å². The molecule has 0 radical (unpaired) electrons. The lowest BCUT2D eigenvalue weighted by molar-refractivity contribution is 0.111. The second kappa shape index (κ2) is 6.42. The van der Waals surface area contributed by atoms with Crippen molar-refractivity contribution in [2.24, 2.45) is 0 Å². The second-order valence-corrected chi connectivity index (χ2v) is 5.50. The highest BCUT2D eigenvalue weighted by molar-refractivity contribution is 9.10. The van der Waals surface area contributed by atoms with Crippen molar-refractivity contribution in [3.63, 3.8) is 0 Å². The molecule has 2 aromatic rings. The third-order valence-corrected chi connectivity index (χ3v) is 3.77. The van der Waals surface area contributed by atoms with E-state index < -0.39 is 0 Å². The summed E-state index contributed by atoms with van der Waals surface area (Å²) < 4.78 is 6.57. The number of halogens is 3. The van der Waals surface area contributed by atoms with Gasteiger partial charge in [0.2, 0.25) is 0 Å². The van der Waals surface area contributed by atoms with Crippen molar-refractivity contribution in [1.29, 1.82) is 0 Å². The van der Waals surface area contributed by atoms with Crippen molar-refractivity contribution < 1.29 is 9.53 Å². The molecule has 0 N–H and O–H groups in total. The molecule has 0 aromatic heterocycles. The summed E-state index contributed by atoms with van der Waals surface area (Å²) in [5, 5.41) is 0.724. The molecule has 0 amide bonds. The number of carbonyl (C=O) groups is 1. The fourth-order valence-electron chi connectivity index (χ4n) is 1.59. The van der Waals surface area contributed by atoms with Crippen LogP contribution in [0.4, 0.5) is 0 Å². The molecule has 0 spiro atoms. The van der Waals surface area contributed by atoms with Gasteiger partial charge < -0.3 is 4.74 Å². The van der Waals surface area contributed by atoms with Crippen LogP contribution in [0.25, 0.3) is 0 Å². The number of ether oxygens (including phenoxy) is 1. The summed E-state index contributed by atoms with van der Waals surface area (Å²) in [6.07, 6.45) is 0.674. The standard InChI is InChI=1S/C14H9BrCl2O2/c15-12-4-2-1-3-9(12)8-19-14-10(7-18)5-11(16)6-13(14)17/h1-7H,8H2. The van der Waals surface area contributed by atoms with Gasteiger partial charge in [-0.25, -0.2) is 0 Å². The van der Waals surface area contributed by atoms with E-state index >= 15 is 0 Å². The molecule has 0 heterocycles. The molecule has 0 atom stereocenters. The first-order valence-electron chi connectivity index (χ1n) is 5.42. The first-order valence-corrected chi connectivity index (χ1v) is 6.97. The molecule has 2 rings (SSSR count). The van der Waals surface area contributed by atoms with Gasteiger partial charge in [0, 0.05) is 15.1 Å². The molecule has 0 saturated heterocycles. The van der Waals surface area contributed by atoms with Crippen LogP contribution in [0.1, 0.15) is 15.9 Å². The zero-order valence-electron chi connectivity index (χ0n) is 9.70. The Morgan fingerprint density at radius 1 is 1.21 bits per heavy atom. The largest absolute Gasteiger partial charge is 0.487 e. The van der Waals surface area contributed by atoms with Gasteiger partial charge in [0.1, 0.15) is 12.4 Å². The normalized spacial score (nSPS) is 10.3. The van der Waals surface area contributed by atoms with E-state index in [-0.39, 0.29) is 0 Å². The van der Waals surface area contributed by atoms with Crippen molar-refractivity contribution in [3.8, 4) is 5.75 Å². The smallest absolute Gasteiger partial charge is 0.153 e. The molecule has 2 nitrogen and oxygen atoms in total. The van der Waals surface area contributed by atoms with Crippen molar-refractivity contribution in [3.05, 3.63) is 62.0 Å². The van der Waals surface area contributed by atoms with Gasteiger partial charge in [0.15, 0.2) is 6.29 Å². The molecule has 0 saturated carbocycles. The second-order valence-electron chi connectivity index (χ2n) is 3.80. The lowest BCUT2D eigenvalue weighted by Gasteiger charge is -2.11. The lowest BCUT2D eigenvalue weighted by atomic mass is 10.2. The van der Waals surface area contributed by atoms with Crippen LogP contribution in [0.2, 0.25) is 10.0 Å². The summed E-state index contributed by atoms with van der Waals surface area (Å²) in [4.78, 5) is 11.0. The van der Waals surface area contributed by atoms with E-state index in [9.17, 15) is 4.79 Å². The average Bonchev–Trinajstić information content (AvgIpc) is 2.38. The predicted octanol–water partition coefficient (Wildman–Crippen LogP) is 5.15. The monoisotopic (exact) mass is 358 g/mol. The van der Waals surface area contributed by atoms with E-state index in [0.717, 1.165) is 10.0 Å². The number of carbonyl (C=O) groups excluding carboxylic acids is 1. The molecule has 2 aromatic carbocycles. The van der Waals surface area contributed by atoms with Crippen LogP contribution in [-0.4, -0.2) is 6.29 Å². The Kier molecular flexibility index (Phi) is 4.86. The quantitative estimate of drug-likeness (QED) is 0.706. The van der Waals surface area contributed by atoms with Crippen LogP contribution in [0.5, 0.6) is 5.75 Å². The highest BCUT2D eigenvalue weighted by Gasteiger charge is 2.11. The van der Waals surface area contributed by atoms with E-state index in [4.69, 9.17) is 27.9 Å². The fraction of sp³-hybridized carbons (Fsp3) is 0.0714. The molecule has 0 unspecified atom stereocenters. The highest BCUT2D eigenvalue weighted by Crippen LogP contribution is 2.32. The summed E-state index contributed by atoms with van der Waals surface area (Å²) in [6.45, 7) is 0.309. The van der Waals surface area contributed by atoms with Crippen molar-refractivity contribution >= 4 is 45.4 Å². The van der Waals surface area contributed by atoms with E-state index in [1.54, 1.807) is 6.07 Å². The van der Waals surface area contributed by atoms with Gasteiger partial charge >= 0.3 is 0 Å². The Balaban J connectivity index is 2.25. The number of benzene rings is 2. The maximum absolute atomic E-state index is 11.0. The molecule has 0 aliphatic rings. The van der Waals surface area contributed by atoms with Gasteiger partial charge in [-0.3, -0.25) is 4.79 Å². The first-order chi connectivity index (χ1) is 9.11. The Morgan fingerprint density at radius 2 is 1.95 bits per heavy atom. The number of hydrogen-bond acceptors (Lipinski definition) is 2. The lowest BCUT2D eigenvalue weighted by Crippen LogP contribution is -2.00. The van der Waals surface area contributed by atoms with E-state index in [1.807, 2.05) is 24.3 Å². The number of rotatable bonds is 4. The molecule has 0 aliphatic heterocycles. The van der Waals surface area contributed by atoms with Crippen LogP contribution in [0, 0.1) is 0 Å². The Morgan fingerprint density at radius 3 is 2.63 bits per heavy atom. The minimum atomic E-state index is 0.309. The van der Waals surface area contributed by atoms with E-state index in [0.29, 0.717) is 34.3 Å². The molecule has 0 fully saturated rings. The summed E-state index contributed by atoms with van der Waals surface area (Å²) in [6, 6.07) is 10.7. The molecule has 19 heavy (non-hydrogen) atoms. The summed E-state index contributed by atoms with van der Waals surface area (Å²) >= 11 is 15.3. The summed E-state index contributed by atoms with van der Waals surface area (Å²) in [5.41, 5.74) is 1.30.